The summed E-state index contributed by atoms with van der Waals surface area (Å²) in [7, 11) is 0. The lowest BCUT2D eigenvalue weighted by Crippen LogP contribution is -2.43. The summed E-state index contributed by atoms with van der Waals surface area (Å²) in [6.07, 6.45) is 5.32. The fraction of sp³-hybridized carbons (Fsp3) is 0.435. The average Bonchev–Trinajstić information content (AvgIpc) is 2.77. The van der Waals surface area contributed by atoms with E-state index in [0.717, 1.165) is 38.8 Å². The van der Waals surface area contributed by atoms with Gasteiger partial charge >= 0.3 is 0 Å². The third-order valence-electron chi connectivity index (χ3n) is 5.81. The van der Waals surface area contributed by atoms with Crippen LogP contribution < -0.4 is 10.6 Å². The summed E-state index contributed by atoms with van der Waals surface area (Å²) in [6.45, 7) is 6.25. The van der Waals surface area contributed by atoms with Crippen LogP contribution in [0.5, 0.6) is 0 Å². The molecule has 1 aromatic heterocycles. The van der Waals surface area contributed by atoms with E-state index >= 15 is 0 Å². The molecule has 0 atom stereocenters. The number of nitrogens with one attached hydrogen (secondary N) is 2. The van der Waals surface area contributed by atoms with Crippen LogP contribution in [0, 0.1) is 5.92 Å². The predicted octanol–water partition coefficient (Wildman–Crippen LogP) is 5.90. The molecule has 1 aliphatic rings. The molecule has 0 spiro atoms. The zero-order chi connectivity index (χ0) is 22.4. The monoisotopic (exact) mass is 498 g/mol. The number of anilines is 2. The van der Waals surface area contributed by atoms with Crippen LogP contribution in [0.1, 0.15) is 49.9 Å². The Hall–Kier alpha value is -1.86. The number of carbonyl (C=O) groups is 2. The number of halogens is 3. The summed E-state index contributed by atoms with van der Waals surface area (Å²) in [5.41, 5.74) is 0.718. The van der Waals surface area contributed by atoms with E-state index < -0.39 is 5.91 Å². The Balaban J connectivity index is 0.00000363. The summed E-state index contributed by atoms with van der Waals surface area (Å²) in [6, 6.07) is 8.68. The summed E-state index contributed by atoms with van der Waals surface area (Å²) < 4.78 is 0. The Bertz CT molecular complexity index is 912. The molecule has 2 aromatic rings. The minimum absolute atomic E-state index is 0. The predicted molar refractivity (Wildman–Crippen MR) is 133 cm³/mol. The fourth-order valence-corrected chi connectivity index (χ4v) is 4.30. The Morgan fingerprint density at radius 2 is 1.72 bits per heavy atom. The number of hydrogen-bond donors (Lipinski definition) is 2. The van der Waals surface area contributed by atoms with Crippen LogP contribution in [0.25, 0.3) is 0 Å². The third-order valence-corrected chi connectivity index (χ3v) is 6.27. The van der Waals surface area contributed by atoms with Gasteiger partial charge in [-0.3, -0.25) is 9.59 Å². The highest BCUT2D eigenvalue weighted by Gasteiger charge is 2.28. The fourth-order valence-electron chi connectivity index (χ4n) is 4.01. The van der Waals surface area contributed by atoms with Crippen molar-refractivity contribution in [1.29, 1.82) is 0 Å². The maximum absolute atomic E-state index is 12.9. The molecule has 9 heteroatoms. The van der Waals surface area contributed by atoms with Crippen LogP contribution in [0.15, 0.2) is 36.5 Å². The molecule has 2 heterocycles. The van der Waals surface area contributed by atoms with Gasteiger partial charge in [-0.1, -0.05) is 37.0 Å². The van der Waals surface area contributed by atoms with Crippen LogP contribution in [-0.2, 0) is 4.79 Å². The van der Waals surface area contributed by atoms with E-state index in [1.807, 2.05) is 0 Å². The second-order valence-corrected chi connectivity index (χ2v) is 8.65. The molecule has 0 radical (unpaired) electrons. The molecule has 2 N–H and O–H groups in total. The van der Waals surface area contributed by atoms with Crippen molar-refractivity contribution in [2.24, 2.45) is 5.92 Å². The van der Waals surface area contributed by atoms with Gasteiger partial charge in [-0.25, -0.2) is 4.98 Å². The molecule has 0 bridgehead atoms. The van der Waals surface area contributed by atoms with Gasteiger partial charge in [-0.05, 0) is 69.1 Å². The SMILES string of the molecule is CCC(CC)N1CCC(C(=O)Nc2ccc(Cl)cc2C(=O)Nc2ccc(Cl)cn2)CC1.Cl. The lowest BCUT2D eigenvalue weighted by molar-refractivity contribution is -0.121. The molecular weight excluding hydrogens is 471 g/mol. The molecule has 174 valence electrons. The lowest BCUT2D eigenvalue weighted by Gasteiger charge is -2.36. The van der Waals surface area contributed by atoms with Gasteiger partial charge in [0, 0.05) is 23.2 Å². The molecule has 6 nitrogen and oxygen atoms in total. The number of hydrogen-bond acceptors (Lipinski definition) is 4. The number of aromatic nitrogens is 1. The minimum atomic E-state index is -0.406. The molecule has 1 aromatic carbocycles. The van der Waals surface area contributed by atoms with Crippen molar-refractivity contribution >= 4 is 58.9 Å². The first-order chi connectivity index (χ1) is 14.9. The third kappa shape index (κ3) is 6.82. The molecule has 32 heavy (non-hydrogen) atoms. The normalized spacial score (nSPS) is 14.7. The molecular formula is C23H29Cl3N4O2. The van der Waals surface area contributed by atoms with Crippen molar-refractivity contribution in [3.8, 4) is 0 Å². The van der Waals surface area contributed by atoms with Crippen molar-refractivity contribution in [2.75, 3.05) is 23.7 Å². The summed E-state index contributed by atoms with van der Waals surface area (Å²) in [5.74, 6) is -0.183. The molecule has 3 rings (SSSR count). The molecule has 0 aliphatic carbocycles. The van der Waals surface area contributed by atoms with E-state index in [9.17, 15) is 9.59 Å². The van der Waals surface area contributed by atoms with E-state index in [0.29, 0.717) is 27.6 Å². The second-order valence-electron chi connectivity index (χ2n) is 7.78. The maximum Gasteiger partial charge on any atom is 0.258 e. The van der Waals surface area contributed by atoms with E-state index in [1.54, 1.807) is 24.3 Å². The van der Waals surface area contributed by atoms with Crippen molar-refractivity contribution < 1.29 is 9.59 Å². The van der Waals surface area contributed by atoms with E-state index in [4.69, 9.17) is 23.2 Å². The van der Waals surface area contributed by atoms with Crippen molar-refractivity contribution in [2.45, 2.75) is 45.6 Å². The van der Waals surface area contributed by atoms with E-state index in [-0.39, 0.29) is 29.8 Å². The Kier molecular flexibility index (Phi) is 10.2. The maximum atomic E-state index is 12.9. The minimum Gasteiger partial charge on any atom is -0.325 e. The van der Waals surface area contributed by atoms with Gasteiger partial charge < -0.3 is 15.5 Å². The van der Waals surface area contributed by atoms with Gasteiger partial charge in [-0.2, -0.15) is 0 Å². The van der Waals surface area contributed by atoms with Crippen LogP contribution in [0.2, 0.25) is 10.0 Å². The first-order valence-electron chi connectivity index (χ1n) is 10.7. The molecule has 1 fully saturated rings. The first kappa shape index (κ1) is 26.4. The Morgan fingerprint density at radius 1 is 1.06 bits per heavy atom. The summed E-state index contributed by atoms with van der Waals surface area (Å²) >= 11 is 12.0. The lowest BCUT2D eigenvalue weighted by atomic mass is 9.93. The van der Waals surface area contributed by atoms with Gasteiger partial charge in [0.1, 0.15) is 5.82 Å². The first-order valence-corrected chi connectivity index (χ1v) is 11.4. The highest BCUT2D eigenvalue weighted by Crippen LogP contribution is 2.26. The smallest absolute Gasteiger partial charge is 0.258 e. The van der Waals surface area contributed by atoms with Crippen LogP contribution in [-0.4, -0.2) is 40.8 Å². The number of likely N-dealkylation sites (tertiary alicyclic amines) is 1. The van der Waals surface area contributed by atoms with Crippen molar-refractivity contribution in [3.63, 3.8) is 0 Å². The van der Waals surface area contributed by atoms with Crippen LogP contribution >= 0.6 is 35.6 Å². The van der Waals surface area contributed by atoms with E-state index in [2.05, 4.69) is 34.4 Å². The molecule has 1 saturated heterocycles. The highest BCUT2D eigenvalue weighted by atomic mass is 35.5. The van der Waals surface area contributed by atoms with Crippen molar-refractivity contribution in [1.82, 2.24) is 9.88 Å². The standard InChI is InChI=1S/C23H28Cl2N4O2.ClH/c1-3-18(4-2)29-11-9-15(10-12-29)22(30)27-20-7-5-16(24)13-19(20)23(31)28-21-8-6-17(25)14-26-21;/h5-8,13-15,18H,3-4,9-12H2,1-2H3,(H,27,30)(H,26,28,31);1H. The van der Waals surface area contributed by atoms with Crippen LogP contribution in [0.3, 0.4) is 0 Å². The topological polar surface area (TPSA) is 74.3 Å². The summed E-state index contributed by atoms with van der Waals surface area (Å²) in [4.78, 5) is 32.3. The zero-order valence-corrected chi connectivity index (χ0v) is 20.6. The number of rotatable bonds is 7. The molecule has 0 saturated carbocycles. The number of pyridine rings is 1. The molecule has 2 amide bonds. The number of benzene rings is 1. The van der Waals surface area contributed by atoms with Crippen LogP contribution in [0.4, 0.5) is 11.5 Å². The number of nitrogens with zero attached hydrogens (tertiary/aromatic N) is 2. The number of carbonyl (C=O) groups excluding carboxylic acids is 2. The van der Waals surface area contributed by atoms with Gasteiger partial charge in [0.15, 0.2) is 0 Å². The van der Waals surface area contributed by atoms with Crippen molar-refractivity contribution in [3.05, 3.63) is 52.1 Å². The second kappa shape index (κ2) is 12.4. The van der Waals surface area contributed by atoms with E-state index in [1.165, 1.54) is 12.3 Å². The quantitative estimate of drug-likeness (QED) is 0.497. The van der Waals surface area contributed by atoms with Gasteiger partial charge in [0.05, 0.1) is 16.3 Å². The largest absolute Gasteiger partial charge is 0.325 e. The number of piperidine rings is 1. The van der Waals surface area contributed by atoms with Gasteiger partial charge in [-0.15, -0.1) is 12.4 Å². The average molecular weight is 500 g/mol. The van der Waals surface area contributed by atoms with Gasteiger partial charge in [0.2, 0.25) is 5.91 Å². The molecule has 1 aliphatic heterocycles. The summed E-state index contributed by atoms with van der Waals surface area (Å²) in [5, 5.41) is 6.53. The highest BCUT2D eigenvalue weighted by molar-refractivity contribution is 6.31. The zero-order valence-electron chi connectivity index (χ0n) is 18.2. The molecule has 0 unspecified atom stereocenters. The Labute approximate surface area is 205 Å². The Morgan fingerprint density at radius 3 is 2.31 bits per heavy atom. The number of amides is 2. The van der Waals surface area contributed by atoms with Gasteiger partial charge in [0.25, 0.3) is 5.91 Å².